The lowest BCUT2D eigenvalue weighted by molar-refractivity contribution is 0.0532. The molecule has 1 rings (SSSR count). The molecule has 0 aliphatic carbocycles. The third-order valence-corrected chi connectivity index (χ3v) is 4.43. The second-order valence-electron chi connectivity index (χ2n) is 6.02. The van der Waals surface area contributed by atoms with E-state index in [9.17, 15) is 17.6 Å². The van der Waals surface area contributed by atoms with E-state index in [1.165, 1.54) is 24.3 Å². The van der Waals surface area contributed by atoms with Crippen LogP contribution in [0.4, 0.5) is 9.18 Å². The third kappa shape index (κ3) is 6.38. The van der Waals surface area contributed by atoms with Gasteiger partial charge in [-0.2, -0.15) is 5.26 Å². The molecule has 0 spiro atoms. The van der Waals surface area contributed by atoms with Crippen molar-refractivity contribution in [1.29, 1.82) is 5.26 Å². The average molecular weight is 354 g/mol. The topological polar surface area (TPSA) is 96.3 Å². The lowest BCUT2D eigenvalue weighted by Crippen LogP contribution is -2.34. The molecule has 24 heavy (non-hydrogen) atoms. The molecule has 0 fully saturated rings. The van der Waals surface area contributed by atoms with Gasteiger partial charge in [0.2, 0.25) is 0 Å². The first-order chi connectivity index (χ1) is 11.1. The SMILES string of the molecule is CC(C)(C)OC(=O)NC/C(=C\F)CS(=O)(=O)c1cccc(C#N)c1. The smallest absolute Gasteiger partial charge is 0.407 e. The van der Waals surface area contributed by atoms with Gasteiger partial charge >= 0.3 is 6.09 Å². The lowest BCUT2D eigenvalue weighted by Gasteiger charge is -2.20. The minimum atomic E-state index is -3.84. The Morgan fingerprint density at radius 2 is 2.08 bits per heavy atom. The summed E-state index contributed by atoms with van der Waals surface area (Å²) in [5, 5.41) is 11.1. The maximum Gasteiger partial charge on any atom is 0.407 e. The van der Waals surface area contributed by atoms with Crippen LogP contribution in [-0.2, 0) is 14.6 Å². The number of amides is 1. The van der Waals surface area contributed by atoms with Gasteiger partial charge in [-0.1, -0.05) is 6.07 Å². The fourth-order valence-corrected chi connectivity index (χ4v) is 3.12. The van der Waals surface area contributed by atoms with Crippen LogP contribution < -0.4 is 5.32 Å². The van der Waals surface area contributed by atoms with Crippen LogP contribution in [0.2, 0.25) is 0 Å². The minimum Gasteiger partial charge on any atom is -0.444 e. The Morgan fingerprint density at radius 3 is 2.62 bits per heavy atom. The maximum absolute atomic E-state index is 13.0. The molecule has 1 N–H and O–H groups in total. The van der Waals surface area contributed by atoms with E-state index in [2.05, 4.69) is 5.32 Å². The summed E-state index contributed by atoms with van der Waals surface area (Å²) in [6, 6.07) is 7.28. The number of carbonyl (C=O) groups excluding carboxylic acids is 1. The lowest BCUT2D eigenvalue weighted by atomic mass is 10.2. The van der Waals surface area contributed by atoms with E-state index in [0.29, 0.717) is 0 Å². The predicted octanol–water partition coefficient (Wildman–Crippen LogP) is 2.71. The highest BCUT2D eigenvalue weighted by molar-refractivity contribution is 7.91. The highest BCUT2D eigenvalue weighted by atomic mass is 32.2. The van der Waals surface area contributed by atoms with Gasteiger partial charge in [-0.3, -0.25) is 0 Å². The number of nitrogens with zero attached hydrogens (tertiary/aromatic N) is 1. The highest BCUT2D eigenvalue weighted by Crippen LogP contribution is 2.16. The second kappa shape index (κ2) is 7.93. The number of benzene rings is 1. The number of sulfone groups is 1. The largest absolute Gasteiger partial charge is 0.444 e. The number of nitriles is 1. The fourth-order valence-electron chi connectivity index (χ4n) is 1.71. The van der Waals surface area contributed by atoms with E-state index in [1.807, 2.05) is 6.07 Å². The third-order valence-electron chi connectivity index (χ3n) is 2.71. The molecule has 0 bridgehead atoms. The van der Waals surface area contributed by atoms with Crippen molar-refractivity contribution < 1.29 is 22.3 Å². The quantitative estimate of drug-likeness (QED) is 0.877. The van der Waals surface area contributed by atoms with E-state index in [4.69, 9.17) is 10.00 Å². The Bertz CT molecular complexity index is 774. The van der Waals surface area contributed by atoms with Gasteiger partial charge < -0.3 is 10.1 Å². The molecule has 0 saturated carbocycles. The number of ether oxygens (including phenoxy) is 1. The Morgan fingerprint density at radius 1 is 1.42 bits per heavy atom. The zero-order valence-electron chi connectivity index (χ0n) is 13.7. The van der Waals surface area contributed by atoms with Gasteiger partial charge in [0.25, 0.3) is 0 Å². The summed E-state index contributed by atoms with van der Waals surface area (Å²) >= 11 is 0. The van der Waals surface area contributed by atoms with Crippen molar-refractivity contribution in [3.8, 4) is 6.07 Å². The highest BCUT2D eigenvalue weighted by Gasteiger charge is 2.20. The molecule has 0 atom stereocenters. The van der Waals surface area contributed by atoms with Crippen LogP contribution in [0.1, 0.15) is 26.3 Å². The first kappa shape index (κ1) is 19.6. The molecule has 0 unspecified atom stereocenters. The van der Waals surface area contributed by atoms with Crippen molar-refractivity contribution in [3.63, 3.8) is 0 Å². The Hall–Kier alpha value is -2.40. The van der Waals surface area contributed by atoms with E-state index in [-0.39, 0.29) is 28.9 Å². The molecule has 1 aromatic carbocycles. The molecular formula is C16H19FN2O4S. The molecule has 0 aliphatic heterocycles. The van der Waals surface area contributed by atoms with Crippen molar-refractivity contribution in [3.05, 3.63) is 41.7 Å². The molecule has 0 aliphatic rings. The van der Waals surface area contributed by atoms with Crippen molar-refractivity contribution >= 4 is 15.9 Å². The maximum atomic E-state index is 13.0. The van der Waals surface area contributed by atoms with Crippen molar-refractivity contribution in [2.24, 2.45) is 0 Å². The Kier molecular flexibility index (Phi) is 6.49. The molecule has 6 nitrogen and oxygen atoms in total. The van der Waals surface area contributed by atoms with Crippen LogP contribution >= 0.6 is 0 Å². The predicted molar refractivity (Wildman–Crippen MR) is 86.6 cm³/mol. The van der Waals surface area contributed by atoms with Crippen LogP contribution in [0.15, 0.2) is 41.1 Å². The molecule has 0 radical (unpaired) electrons. The molecule has 0 aromatic heterocycles. The molecule has 1 aromatic rings. The number of halogens is 1. The molecule has 0 saturated heterocycles. The van der Waals surface area contributed by atoms with Crippen molar-refractivity contribution in [1.82, 2.24) is 5.32 Å². The number of hydrogen-bond donors (Lipinski definition) is 1. The van der Waals surface area contributed by atoms with Gasteiger partial charge in [0.1, 0.15) is 5.60 Å². The Balaban J connectivity index is 2.77. The normalized spacial score (nSPS) is 12.4. The van der Waals surface area contributed by atoms with Gasteiger partial charge in [0.15, 0.2) is 9.84 Å². The fraction of sp³-hybridized carbons (Fsp3) is 0.375. The van der Waals surface area contributed by atoms with E-state index < -0.39 is 27.3 Å². The summed E-state index contributed by atoms with van der Waals surface area (Å²) in [5.41, 5.74) is -0.662. The van der Waals surface area contributed by atoms with E-state index in [1.54, 1.807) is 20.8 Å². The van der Waals surface area contributed by atoms with Gasteiger partial charge in [-0.05, 0) is 44.5 Å². The van der Waals surface area contributed by atoms with Crippen LogP contribution in [0.25, 0.3) is 0 Å². The van der Waals surface area contributed by atoms with Gasteiger partial charge in [-0.15, -0.1) is 0 Å². The average Bonchev–Trinajstić information content (AvgIpc) is 2.49. The van der Waals surface area contributed by atoms with Crippen LogP contribution in [0.5, 0.6) is 0 Å². The monoisotopic (exact) mass is 354 g/mol. The minimum absolute atomic E-state index is 0.0850. The summed E-state index contributed by atoms with van der Waals surface area (Å²) in [6.45, 7) is 4.71. The molecule has 0 heterocycles. The number of carbonyl (C=O) groups is 1. The number of alkyl carbamates (subject to hydrolysis) is 1. The number of nitrogens with one attached hydrogen (secondary N) is 1. The van der Waals surface area contributed by atoms with Gasteiger partial charge in [0, 0.05) is 6.54 Å². The number of rotatable bonds is 5. The molecule has 8 heteroatoms. The summed E-state index contributed by atoms with van der Waals surface area (Å²) in [7, 11) is -3.84. The number of hydrogen-bond acceptors (Lipinski definition) is 5. The van der Waals surface area contributed by atoms with Crippen LogP contribution in [0, 0.1) is 11.3 Å². The second-order valence-corrected chi connectivity index (χ2v) is 8.01. The summed E-state index contributed by atoms with van der Waals surface area (Å²) in [5.74, 6) is -0.617. The van der Waals surface area contributed by atoms with Gasteiger partial charge in [0.05, 0.1) is 28.6 Å². The zero-order valence-corrected chi connectivity index (χ0v) is 14.5. The van der Waals surface area contributed by atoms with E-state index >= 15 is 0 Å². The van der Waals surface area contributed by atoms with Crippen LogP contribution in [-0.4, -0.2) is 32.4 Å². The van der Waals surface area contributed by atoms with Gasteiger partial charge in [-0.25, -0.2) is 17.6 Å². The van der Waals surface area contributed by atoms with Crippen LogP contribution in [0.3, 0.4) is 0 Å². The first-order valence-electron chi connectivity index (χ1n) is 7.05. The van der Waals surface area contributed by atoms with Crippen molar-refractivity contribution in [2.75, 3.05) is 12.3 Å². The molecule has 130 valence electrons. The standard InChI is InChI=1S/C16H19FN2O4S/c1-16(2,3)23-15(20)19-10-13(8-17)11-24(21,22)14-6-4-5-12(7-14)9-18/h4-8H,10-11H2,1-3H3,(H,19,20)/b13-8+. The zero-order chi connectivity index (χ0) is 18.4. The summed E-state index contributed by atoms with van der Waals surface area (Å²) < 4.78 is 42.5. The Labute approximate surface area is 140 Å². The molecular weight excluding hydrogens is 335 g/mol. The first-order valence-corrected chi connectivity index (χ1v) is 8.70. The van der Waals surface area contributed by atoms with E-state index in [0.717, 1.165) is 0 Å². The summed E-state index contributed by atoms with van der Waals surface area (Å²) in [6.07, 6.45) is -0.631. The van der Waals surface area contributed by atoms with Crippen molar-refractivity contribution in [2.45, 2.75) is 31.3 Å². The summed E-state index contributed by atoms with van der Waals surface area (Å²) in [4.78, 5) is 11.4. The molecule has 1 amide bonds.